The fraction of sp³-hybridized carbons (Fsp3) is 1.00. The van der Waals surface area contributed by atoms with Crippen LogP contribution >= 0.6 is 11.6 Å². The van der Waals surface area contributed by atoms with Crippen molar-refractivity contribution in [2.45, 2.75) is 0 Å². The quantitative estimate of drug-likeness (QED) is 0.306. The Morgan fingerprint density at radius 1 is 1.43 bits per heavy atom. The average Bonchev–Trinajstić information content (AvgIpc) is 1.35. The lowest BCUT2D eigenvalue weighted by molar-refractivity contribution is -0.00000136. The second-order valence-electron chi connectivity index (χ2n) is 1.38. The molecule has 0 nitrogen and oxygen atoms in total. The highest BCUT2D eigenvalue weighted by Crippen LogP contribution is 1.83. The molecular formula is C4H10ClIS. The summed E-state index contributed by atoms with van der Waals surface area (Å²) in [6.07, 6.45) is 4.39. The molecule has 0 N–H and O–H groups in total. The minimum Gasteiger partial charge on any atom is -1.00 e. The number of rotatable bonds is 2. The summed E-state index contributed by atoms with van der Waals surface area (Å²) in [7, 11) is 0.552. The molecule has 0 aliphatic carbocycles. The largest absolute Gasteiger partial charge is 1.00 e. The van der Waals surface area contributed by atoms with E-state index in [1.165, 1.54) is 5.75 Å². The van der Waals surface area contributed by atoms with Crippen molar-refractivity contribution >= 4 is 22.5 Å². The Kier molecular flexibility index (Phi) is 11.8. The molecule has 0 aliphatic heterocycles. The molecule has 0 aromatic carbocycles. The van der Waals surface area contributed by atoms with Crippen LogP contribution in [0.1, 0.15) is 0 Å². The SMILES string of the molecule is C[S+](C)CCCl.[I-]. The Labute approximate surface area is 70.4 Å². The van der Waals surface area contributed by atoms with E-state index in [1.807, 2.05) is 0 Å². The molecular weight excluding hydrogens is 242 g/mol. The summed E-state index contributed by atoms with van der Waals surface area (Å²) in [6.45, 7) is 0. The molecule has 0 aromatic heterocycles. The van der Waals surface area contributed by atoms with Crippen molar-refractivity contribution in [2.24, 2.45) is 0 Å². The maximum atomic E-state index is 5.40. The van der Waals surface area contributed by atoms with Gasteiger partial charge < -0.3 is 24.0 Å². The highest BCUT2D eigenvalue weighted by molar-refractivity contribution is 7.95. The molecule has 7 heavy (non-hydrogen) atoms. The Morgan fingerprint density at radius 2 is 1.86 bits per heavy atom. The fourth-order valence-electron chi connectivity index (χ4n) is 0.154. The molecule has 0 amide bonds. The van der Waals surface area contributed by atoms with E-state index in [1.54, 1.807) is 0 Å². The van der Waals surface area contributed by atoms with Gasteiger partial charge in [-0.15, -0.1) is 11.6 Å². The molecule has 3 heteroatoms. The first-order chi connectivity index (χ1) is 2.77. The zero-order valence-corrected chi connectivity index (χ0v) is 8.31. The van der Waals surface area contributed by atoms with Crippen molar-refractivity contribution in [1.82, 2.24) is 0 Å². The fourth-order valence-corrected chi connectivity index (χ4v) is 1.39. The molecule has 0 saturated carbocycles. The van der Waals surface area contributed by atoms with Gasteiger partial charge in [-0.1, -0.05) is 0 Å². The van der Waals surface area contributed by atoms with E-state index in [0.29, 0.717) is 10.9 Å². The smallest absolute Gasteiger partial charge is 0.121 e. The van der Waals surface area contributed by atoms with Crippen molar-refractivity contribution in [1.29, 1.82) is 0 Å². The topological polar surface area (TPSA) is 0 Å². The zero-order valence-electron chi connectivity index (χ0n) is 4.58. The third kappa shape index (κ3) is 11.1. The summed E-state index contributed by atoms with van der Waals surface area (Å²) in [5, 5.41) is 0. The lowest BCUT2D eigenvalue weighted by Gasteiger charge is -1.85. The van der Waals surface area contributed by atoms with Crippen LogP contribution in [-0.4, -0.2) is 24.1 Å². The highest BCUT2D eigenvalue weighted by Gasteiger charge is 1.96. The minimum atomic E-state index is 0. The standard InChI is InChI=1S/C4H10ClS.HI/c1-6(2)4-3-5;/h3-4H2,1-2H3;1H/q+1;/p-1. The third-order valence-corrected chi connectivity index (χ3v) is 1.92. The van der Waals surface area contributed by atoms with Crippen LogP contribution in [-0.2, 0) is 10.9 Å². The Morgan fingerprint density at radius 3 is 1.86 bits per heavy atom. The summed E-state index contributed by atoms with van der Waals surface area (Å²) in [4.78, 5) is 0. The van der Waals surface area contributed by atoms with E-state index in [-0.39, 0.29) is 24.0 Å². The second-order valence-corrected chi connectivity index (χ2v) is 4.14. The maximum Gasteiger partial charge on any atom is 0.121 e. The van der Waals surface area contributed by atoms with Gasteiger partial charge >= 0.3 is 0 Å². The van der Waals surface area contributed by atoms with Crippen molar-refractivity contribution < 1.29 is 24.0 Å². The lowest BCUT2D eigenvalue weighted by atomic mass is 11.0. The Bertz CT molecular complexity index is 32.9. The normalized spacial score (nSPS) is 8.57. The molecule has 46 valence electrons. The summed E-state index contributed by atoms with van der Waals surface area (Å²) in [5.74, 6) is 1.98. The molecule has 0 heterocycles. The summed E-state index contributed by atoms with van der Waals surface area (Å²) in [5.41, 5.74) is 0. The van der Waals surface area contributed by atoms with Gasteiger partial charge in [-0.25, -0.2) is 0 Å². The van der Waals surface area contributed by atoms with Gasteiger partial charge in [0.1, 0.15) is 5.75 Å². The van der Waals surface area contributed by atoms with Crippen LogP contribution in [0.3, 0.4) is 0 Å². The van der Waals surface area contributed by atoms with Gasteiger partial charge in [0.25, 0.3) is 0 Å². The van der Waals surface area contributed by atoms with Gasteiger partial charge in [0, 0.05) is 0 Å². The number of alkyl halides is 1. The first kappa shape index (κ1) is 11.2. The van der Waals surface area contributed by atoms with E-state index < -0.39 is 0 Å². The van der Waals surface area contributed by atoms with Gasteiger partial charge in [0.15, 0.2) is 0 Å². The maximum absolute atomic E-state index is 5.40. The van der Waals surface area contributed by atoms with Crippen LogP contribution in [0.25, 0.3) is 0 Å². The highest BCUT2D eigenvalue weighted by atomic mass is 127. The Hall–Kier alpha value is 1.37. The minimum absolute atomic E-state index is 0. The van der Waals surface area contributed by atoms with E-state index in [2.05, 4.69) is 12.5 Å². The molecule has 0 unspecified atom stereocenters. The molecule has 0 aliphatic rings. The van der Waals surface area contributed by atoms with Crippen LogP contribution in [0.5, 0.6) is 0 Å². The van der Waals surface area contributed by atoms with E-state index in [0.717, 1.165) is 5.88 Å². The third-order valence-electron chi connectivity index (χ3n) is 0.485. The average molecular weight is 253 g/mol. The monoisotopic (exact) mass is 252 g/mol. The van der Waals surface area contributed by atoms with Gasteiger partial charge in [0.2, 0.25) is 0 Å². The first-order valence-electron chi connectivity index (χ1n) is 1.87. The predicted octanol–water partition coefficient (Wildman–Crippen LogP) is -1.89. The lowest BCUT2D eigenvalue weighted by Crippen LogP contribution is -3.00. The van der Waals surface area contributed by atoms with Gasteiger partial charge in [-0.3, -0.25) is 0 Å². The number of hydrogen-bond acceptors (Lipinski definition) is 0. The molecule has 0 atom stereocenters. The summed E-state index contributed by atoms with van der Waals surface area (Å²) < 4.78 is 0. The zero-order chi connectivity index (χ0) is 4.99. The van der Waals surface area contributed by atoms with Crippen LogP contribution < -0.4 is 24.0 Å². The first-order valence-corrected chi connectivity index (χ1v) is 4.62. The van der Waals surface area contributed by atoms with Crippen molar-refractivity contribution in [3.05, 3.63) is 0 Å². The molecule has 0 spiro atoms. The molecule has 0 radical (unpaired) electrons. The van der Waals surface area contributed by atoms with E-state index >= 15 is 0 Å². The number of hydrogen-bond donors (Lipinski definition) is 0. The summed E-state index contributed by atoms with van der Waals surface area (Å²) >= 11 is 5.40. The Balaban J connectivity index is 0. The summed E-state index contributed by atoms with van der Waals surface area (Å²) in [6, 6.07) is 0. The van der Waals surface area contributed by atoms with Crippen molar-refractivity contribution in [3.63, 3.8) is 0 Å². The van der Waals surface area contributed by atoms with Crippen LogP contribution in [0.15, 0.2) is 0 Å². The van der Waals surface area contributed by atoms with Crippen molar-refractivity contribution in [3.8, 4) is 0 Å². The molecule has 0 aromatic rings. The van der Waals surface area contributed by atoms with Crippen molar-refractivity contribution in [2.75, 3.05) is 24.1 Å². The molecule has 0 fully saturated rings. The molecule has 0 bridgehead atoms. The molecule has 0 saturated heterocycles. The van der Waals surface area contributed by atoms with E-state index in [9.17, 15) is 0 Å². The second kappa shape index (κ2) is 7.37. The molecule has 0 rings (SSSR count). The van der Waals surface area contributed by atoms with Gasteiger partial charge in [0.05, 0.1) is 18.4 Å². The predicted molar refractivity (Wildman–Crippen MR) is 34.8 cm³/mol. The van der Waals surface area contributed by atoms with Gasteiger partial charge in [-0.05, 0) is 10.9 Å². The van der Waals surface area contributed by atoms with Crippen LogP contribution in [0, 0.1) is 0 Å². The van der Waals surface area contributed by atoms with Crippen LogP contribution in [0.2, 0.25) is 0 Å². The van der Waals surface area contributed by atoms with Gasteiger partial charge in [-0.2, -0.15) is 0 Å². The van der Waals surface area contributed by atoms with Crippen LogP contribution in [0.4, 0.5) is 0 Å². The van der Waals surface area contributed by atoms with E-state index in [4.69, 9.17) is 11.6 Å². The number of halogens is 2.